The van der Waals surface area contributed by atoms with Crippen LogP contribution in [0.1, 0.15) is 13.3 Å². The van der Waals surface area contributed by atoms with Crippen LogP contribution in [-0.4, -0.2) is 68.1 Å². The summed E-state index contributed by atoms with van der Waals surface area (Å²) in [6.07, 6.45) is 0.577. The van der Waals surface area contributed by atoms with Gasteiger partial charge in [0.25, 0.3) is 0 Å². The number of carbonyl (C=O) groups excluding carboxylic acids is 1. The van der Waals surface area contributed by atoms with Gasteiger partial charge in [0.15, 0.2) is 0 Å². The van der Waals surface area contributed by atoms with Crippen molar-refractivity contribution in [3.05, 3.63) is 0 Å². The summed E-state index contributed by atoms with van der Waals surface area (Å²) in [6, 6.07) is 0.396. The van der Waals surface area contributed by atoms with E-state index in [4.69, 9.17) is 5.73 Å². The zero-order valence-electron chi connectivity index (χ0n) is 10.4. The predicted molar refractivity (Wildman–Crippen MR) is 65.2 cm³/mol. The summed E-state index contributed by atoms with van der Waals surface area (Å²) in [5.41, 5.74) is 5.75. The van der Waals surface area contributed by atoms with E-state index in [0.717, 1.165) is 26.2 Å². The number of nitrogens with one attached hydrogen (secondary N) is 1. The van der Waals surface area contributed by atoms with Gasteiger partial charge >= 0.3 is 0 Å². The summed E-state index contributed by atoms with van der Waals surface area (Å²) in [5.74, 6) is 0.136. The normalized spacial score (nSPS) is 23.3. The van der Waals surface area contributed by atoms with E-state index in [0.29, 0.717) is 25.6 Å². The number of nitrogens with two attached hydrogens (primary N) is 1. The molecule has 0 radical (unpaired) electrons. The smallest absolute Gasteiger partial charge is 0.221 e. The van der Waals surface area contributed by atoms with Crippen molar-refractivity contribution in [2.45, 2.75) is 19.4 Å². The Morgan fingerprint density at radius 1 is 1.50 bits per heavy atom. The van der Waals surface area contributed by atoms with Crippen molar-refractivity contribution < 1.29 is 4.79 Å². The monoisotopic (exact) mass is 228 g/mol. The van der Waals surface area contributed by atoms with Gasteiger partial charge in [-0.15, -0.1) is 0 Å². The van der Waals surface area contributed by atoms with Crippen LogP contribution in [0, 0.1) is 0 Å². The van der Waals surface area contributed by atoms with Crippen molar-refractivity contribution in [1.82, 2.24) is 15.1 Å². The maximum atomic E-state index is 11.4. The zero-order valence-corrected chi connectivity index (χ0v) is 10.4. The number of amides is 1. The second kappa shape index (κ2) is 6.83. The van der Waals surface area contributed by atoms with Crippen LogP contribution in [0.15, 0.2) is 0 Å². The minimum Gasteiger partial charge on any atom is -0.356 e. The van der Waals surface area contributed by atoms with E-state index in [1.165, 1.54) is 0 Å². The molecule has 0 bridgehead atoms. The Balaban J connectivity index is 2.31. The lowest BCUT2D eigenvalue weighted by atomic mass is 10.1. The lowest BCUT2D eigenvalue weighted by Crippen LogP contribution is -2.55. The second-order valence-corrected chi connectivity index (χ2v) is 4.39. The Bertz CT molecular complexity index is 222. The van der Waals surface area contributed by atoms with Gasteiger partial charge in [-0.1, -0.05) is 0 Å². The van der Waals surface area contributed by atoms with Gasteiger partial charge in [-0.3, -0.25) is 9.69 Å². The Morgan fingerprint density at radius 3 is 2.88 bits per heavy atom. The quantitative estimate of drug-likeness (QED) is 0.639. The van der Waals surface area contributed by atoms with E-state index in [2.05, 4.69) is 22.2 Å². The fraction of sp³-hybridized carbons (Fsp3) is 0.909. The van der Waals surface area contributed by atoms with E-state index < -0.39 is 0 Å². The second-order valence-electron chi connectivity index (χ2n) is 4.39. The molecule has 0 aromatic carbocycles. The van der Waals surface area contributed by atoms with Crippen LogP contribution in [0.25, 0.3) is 0 Å². The Hall–Kier alpha value is -0.650. The number of nitrogens with zero attached hydrogens (tertiary/aromatic N) is 2. The molecule has 1 saturated heterocycles. The molecule has 5 heteroatoms. The third kappa shape index (κ3) is 4.08. The summed E-state index contributed by atoms with van der Waals surface area (Å²) in [5, 5.41) is 2.82. The van der Waals surface area contributed by atoms with Crippen molar-refractivity contribution in [3.8, 4) is 0 Å². The zero-order chi connectivity index (χ0) is 12.0. The SMILES string of the molecule is CCNC(=O)CCN1CCN(C)CC1CN. The van der Waals surface area contributed by atoms with Crippen LogP contribution in [0.2, 0.25) is 0 Å². The van der Waals surface area contributed by atoms with Crippen LogP contribution >= 0.6 is 0 Å². The van der Waals surface area contributed by atoms with Gasteiger partial charge in [0.1, 0.15) is 0 Å². The maximum Gasteiger partial charge on any atom is 0.221 e. The first kappa shape index (κ1) is 13.4. The molecule has 1 aliphatic rings. The highest BCUT2D eigenvalue weighted by molar-refractivity contribution is 5.75. The first-order chi connectivity index (χ1) is 7.67. The van der Waals surface area contributed by atoms with Gasteiger partial charge in [0, 0.05) is 51.7 Å². The molecule has 5 nitrogen and oxygen atoms in total. The molecule has 3 N–H and O–H groups in total. The summed E-state index contributed by atoms with van der Waals surface area (Å²) >= 11 is 0. The molecule has 1 atom stereocenters. The number of piperazine rings is 1. The largest absolute Gasteiger partial charge is 0.356 e. The fourth-order valence-corrected chi connectivity index (χ4v) is 2.10. The highest BCUT2D eigenvalue weighted by atomic mass is 16.1. The number of hydrogen-bond donors (Lipinski definition) is 2. The number of rotatable bonds is 5. The third-order valence-electron chi connectivity index (χ3n) is 3.08. The number of hydrogen-bond acceptors (Lipinski definition) is 4. The van der Waals surface area contributed by atoms with Crippen LogP contribution in [0.3, 0.4) is 0 Å². The van der Waals surface area contributed by atoms with Crippen LogP contribution in [-0.2, 0) is 4.79 Å². The van der Waals surface area contributed by atoms with Crippen molar-refractivity contribution >= 4 is 5.91 Å². The summed E-state index contributed by atoms with van der Waals surface area (Å²) in [4.78, 5) is 16.0. The van der Waals surface area contributed by atoms with Crippen LogP contribution in [0.5, 0.6) is 0 Å². The van der Waals surface area contributed by atoms with Crippen molar-refractivity contribution in [2.75, 3.05) is 46.3 Å². The molecule has 94 valence electrons. The molecule has 0 aromatic rings. The summed E-state index contributed by atoms with van der Waals surface area (Å²) in [6.45, 7) is 7.22. The molecule has 1 rings (SSSR count). The van der Waals surface area contributed by atoms with Crippen molar-refractivity contribution in [3.63, 3.8) is 0 Å². The Morgan fingerprint density at radius 2 is 2.25 bits per heavy atom. The molecular formula is C11H24N4O. The fourth-order valence-electron chi connectivity index (χ4n) is 2.10. The number of carbonyl (C=O) groups is 1. The maximum absolute atomic E-state index is 11.4. The predicted octanol–water partition coefficient (Wildman–Crippen LogP) is -0.913. The van der Waals surface area contributed by atoms with Gasteiger partial charge in [-0.05, 0) is 14.0 Å². The first-order valence-electron chi connectivity index (χ1n) is 6.06. The highest BCUT2D eigenvalue weighted by Gasteiger charge is 2.23. The minimum absolute atomic E-state index is 0.136. The van der Waals surface area contributed by atoms with Gasteiger partial charge in [0.2, 0.25) is 5.91 Å². The minimum atomic E-state index is 0.136. The van der Waals surface area contributed by atoms with Gasteiger partial charge < -0.3 is 16.0 Å². The summed E-state index contributed by atoms with van der Waals surface area (Å²) < 4.78 is 0. The average Bonchev–Trinajstić information content (AvgIpc) is 2.27. The van der Waals surface area contributed by atoms with Gasteiger partial charge in [-0.2, -0.15) is 0 Å². The Kier molecular flexibility index (Phi) is 5.73. The lowest BCUT2D eigenvalue weighted by molar-refractivity contribution is -0.121. The average molecular weight is 228 g/mol. The van der Waals surface area contributed by atoms with E-state index in [1.807, 2.05) is 6.92 Å². The molecule has 1 heterocycles. The lowest BCUT2D eigenvalue weighted by Gasteiger charge is -2.39. The molecule has 0 saturated carbocycles. The number of likely N-dealkylation sites (N-methyl/N-ethyl adjacent to an activating group) is 1. The summed E-state index contributed by atoms with van der Waals surface area (Å²) in [7, 11) is 2.11. The molecule has 0 aliphatic carbocycles. The molecule has 0 spiro atoms. The molecule has 1 fully saturated rings. The van der Waals surface area contributed by atoms with E-state index >= 15 is 0 Å². The first-order valence-corrected chi connectivity index (χ1v) is 6.06. The van der Waals surface area contributed by atoms with Crippen LogP contribution < -0.4 is 11.1 Å². The van der Waals surface area contributed by atoms with Gasteiger partial charge in [0.05, 0.1) is 0 Å². The standard InChI is InChI=1S/C11H24N4O/c1-3-13-11(16)4-5-15-7-6-14(2)9-10(15)8-12/h10H,3-9,12H2,1-2H3,(H,13,16). The Labute approximate surface area is 98.0 Å². The molecular weight excluding hydrogens is 204 g/mol. The van der Waals surface area contributed by atoms with E-state index in [1.54, 1.807) is 0 Å². The third-order valence-corrected chi connectivity index (χ3v) is 3.08. The molecule has 1 amide bonds. The molecule has 0 aromatic heterocycles. The van der Waals surface area contributed by atoms with E-state index in [-0.39, 0.29) is 5.91 Å². The topological polar surface area (TPSA) is 61.6 Å². The van der Waals surface area contributed by atoms with Crippen molar-refractivity contribution in [2.24, 2.45) is 5.73 Å². The molecule has 16 heavy (non-hydrogen) atoms. The van der Waals surface area contributed by atoms with Gasteiger partial charge in [-0.25, -0.2) is 0 Å². The van der Waals surface area contributed by atoms with E-state index in [9.17, 15) is 4.79 Å². The van der Waals surface area contributed by atoms with Crippen molar-refractivity contribution in [1.29, 1.82) is 0 Å². The highest BCUT2D eigenvalue weighted by Crippen LogP contribution is 2.07. The molecule has 1 aliphatic heterocycles. The molecule has 1 unspecified atom stereocenters. The van der Waals surface area contributed by atoms with Crippen LogP contribution in [0.4, 0.5) is 0 Å².